The molecule has 1 saturated carbocycles. The molecule has 3 aliphatic rings. The molecule has 0 bridgehead atoms. The molecule has 0 aromatic carbocycles. The Labute approximate surface area is 166 Å². The maximum absolute atomic E-state index is 12.7. The Morgan fingerprint density at radius 3 is 2.79 bits per heavy atom. The van der Waals surface area contributed by atoms with Gasteiger partial charge in [-0.2, -0.15) is 5.10 Å². The fourth-order valence-electron chi connectivity index (χ4n) is 4.21. The van der Waals surface area contributed by atoms with Crippen molar-refractivity contribution in [1.29, 1.82) is 0 Å². The van der Waals surface area contributed by atoms with Gasteiger partial charge in [0.2, 0.25) is 11.8 Å². The summed E-state index contributed by atoms with van der Waals surface area (Å²) in [5, 5.41) is 10.7. The lowest BCUT2D eigenvalue weighted by molar-refractivity contribution is -0.141. The van der Waals surface area contributed by atoms with Gasteiger partial charge in [-0.3, -0.25) is 14.3 Å². The van der Waals surface area contributed by atoms with Crippen molar-refractivity contribution in [3.8, 4) is 0 Å². The highest BCUT2D eigenvalue weighted by Crippen LogP contribution is 2.39. The number of morpholine rings is 1. The lowest BCUT2D eigenvalue weighted by atomic mass is 9.88. The monoisotopic (exact) mass is 389 g/mol. The number of carbonyl (C=O) groups is 2. The molecule has 3 heterocycles. The van der Waals surface area contributed by atoms with Gasteiger partial charge in [0.25, 0.3) is 0 Å². The molecule has 2 amide bonds. The van der Waals surface area contributed by atoms with E-state index in [0.717, 1.165) is 13.0 Å². The van der Waals surface area contributed by atoms with E-state index in [4.69, 9.17) is 4.74 Å². The van der Waals surface area contributed by atoms with Gasteiger partial charge in [0.15, 0.2) is 0 Å². The molecular weight excluding hydrogens is 358 g/mol. The fraction of sp³-hybridized carbons (Fsp3) is 0.750. The number of amides is 2. The normalized spacial score (nSPS) is 25.5. The Hall–Kier alpha value is -1.93. The van der Waals surface area contributed by atoms with E-state index < -0.39 is 0 Å². The predicted molar refractivity (Wildman–Crippen MR) is 104 cm³/mol. The van der Waals surface area contributed by atoms with Gasteiger partial charge in [-0.05, 0) is 31.7 Å². The van der Waals surface area contributed by atoms with E-state index in [1.54, 1.807) is 0 Å². The summed E-state index contributed by atoms with van der Waals surface area (Å²) in [5.74, 6) is 0.629. The lowest BCUT2D eigenvalue weighted by Gasteiger charge is -2.34. The van der Waals surface area contributed by atoms with Gasteiger partial charge in [0.05, 0.1) is 25.0 Å². The minimum atomic E-state index is -0.143. The Bertz CT molecular complexity index is 681. The molecule has 1 aromatic heterocycles. The summed E-state index contributed by atoms with van der Waals surface area (Å²) in [6.07, 6.45) is 5.89. The largest absolute Gasteiger partial charge is 0.378 e. The van der Waals surface area contributed by atoms with Crippen molar-refractivity contribution in [1.82, 2.24) is 25.3 Å². The minimum absolute atomic E-state index is 0.0508. The first-order valence-corrected chi connectivity index (χ1v) is 10.6. The van der Waals surface area contributed by atoms with Crippen molar-refractivity contribution in [3.63, 3.8) is 0 Å². The van der Waals surface area contributed by atoms with Gasteiger partial charge < -0.3 is 20.3 Å². The third-order valence-corrected chi connectivity index (χ3v) is 5.98. The highest BCUT2D eigenvalue weighted by atomic mass is 16.5. The van der Waals surface area contributed by atoms with Crippen molar-refractivity contribution in [2.45, 2.75) is 38.1 Å². The first-order chi connectivity index (χ1) is 13.7. The number of nitrogens with one attached hydrogen (secondary N) is 2. The van der Waals surface area contributed by atoms with Crippen molar-refractivity contribution in [2.24, 2.45) is 11.8 Å². The molecular formula is C20H31N5O3. The Kier molecular flexibility index (Phi) is 6.26. The SMILES string of the molecule is O=C(NCCCn1nccc1C1CC1)C1CNCC(C(=O)N2CCOCC2)C1. The summed E-state index contributed by atoms with van der Waals surface area (Å²) in [4.78, 5) is 27.1. The number of piperidine rings is 1. The number of rotatable bonds is 7. The van der Waals surface area contributed by atoms with Crippen molar-refractivity contribution in [3.05, 3.63) is 18.0 Å². The second-order valence-electron chi connectivity index (χ2n) is 8.12. The van der Waals surface area contributed by atoms with Gasteiger partial charge in [-0.1, -0.05) is 0 Å². The number of hydrogen-bond donors (Lipinski definition) is 2. The van der Waals surface area contributed by atoms with Crippen molar-refractivity contribution >= 4 is 11.8 Å². The molecule has 8 nitrogen and oxygen atoms in total. The van der Waals surface area contributed by atoms with Gasteiger partial charge in [0, 0.05) is 57.1 Å². The van der Waals surface area contributed by atoms with E-state index in [-0.39, 0.29) is 23.7 Å². The van der Waals surface area contributed by atoms with Crippen LogP contribution >= 0.6 is 0 Å². The number of ether oxygens (including phenoxy) is 1. The van der Waals surface area contributed by atoms with E-state index >= 15 is 0 Å². The molecule has 2 aliphatic heterocycles. The first-order valence-electron chi connectivity index (χ1n) is 10.6. The smallest absolute Gasteiger partial charge is 0.227 e. The van der Waals surface area contributed by atoms with Crippen LogP contribution in [0.2, 0.25) is 0 Å². The summed E-state index contributed by atoms with van der Waals surface area (Å²) in [6, 6.07) is 2.11. The van der Waals surface area contributed by atoms with Crippen LogP contribution in [0.5, 0.6) is 0 Å². The van der Waals surface area contributed by atoms with Crippen LogP contribution in [-0.4, -0.2) is 72.4 Å². The maximum atomic E-state index is 12.7. The maximum Gasteiger partial charge on any atom is 0.227 e. The van der Waals surface area contributed by atoms with E-state index in [1.807, 2.05) is 11.1 Å². The third kappa shape index (κ3) is 4.72. The average Bonchev–Trinajstić information content (AvgIpc) is 3.49. The molecule has 0 spiro atoms. The molecule has 2 saturated heterocycles. The highest BCUT2D eigenvalue weighted by molar-refractivity contribution is 5.83. The third-order valence-electron chi connectivity index (χ3n) is 5.98. The van der Waals surface area contributed by atoms with Crippen LogP contribution in [-0.2, 0) is 20.9 Å². The zero-order valence-electron chi connectivity index (χ0n) is 16.4. The first kappa shape index (κ1) is 19.4. The number of carbonyl (C=O) groups excluding carboxylic acids is 2. The topological polar surface area (TPSA) is 88.5 Å². The Balaban J connectivity index is 1.19. The second kappa shape index (κ2) is 9.05. The molecule has 1 aromatic rings. The zero-order valence-corrected chi connectivity index (χ0v) is 16.4. The zero-order chi connectivity index (χ0) is 19.3. The molecule has 2 N–H and O–H groups in total. The molecule has 0 radical (unpaired) electrons. The molecule has 2 atom stereocenters. The molecule has 4 rings (SSSR count). The van der Waals surface area contributed by atoms with Crippen LogP contribution in [0.25, 0.3) is 0 Å². The highest BCUT2D eigenvalue weighted by Gasteiger charge is 2.33. The molecule has 3 fully saturated rings. The summed E-state index contributed by atoms with van der Waals surface area (Å²) < 4.78 is 7.39. The summed E-state index contributed by atoms with van der Waals surface area (Å²) >= 11 is 0. The molecule has 2 unspecified atom stereocenters. The number of aromatic nitrogens is 2. The lowest BCUT2D eigenvalue weighted by Crippen LogP contribution is -2.51. The Morgan fingerprint density at radius 2 is 2.00 bits per heavy atom. The number of nitrogens with zero attached hydrogens (tertiary/aromatic N) is 3. The minimum Gasteiger partial charge on any atom is -0.378 e. The molecule has 1 aliphatic carbocycles. The van der Waals surface area contributed by atoms with Gasteiger partial charge in [0.1, 0.15) is 0 Å². The number of hydrogen-bond acceptors (Lipinski definition) is 5. The Morgan fingerprint density at radius 1 is 1.21 bits per heavy atom. The van der Waals surface area contributed by atoms with Crippen LogP contribution in [0.15, 0.2) is 12.3 Å². The molecule has 28 heavy (non-hydrogen) atoms. The van der Waals surface area contributed by atoms with Crippen LogP contribution in [0.1, 0.15) is 37.3 Å². The summed E-state index contributed by atoms with van der Waals surface area (Å²) in [5.41, 5.74) is 1.33. The van der Waals surface area contributed by atoms with Gasteiger partial charge in [-0.15, -0.1) is 0 Å². The fourth-order valence-corrected chi connectivity index (χ4v) is 4.21. The predicted octanol–water partition coefficient (Wildman–Crippen LogP) is 0.351. The van der Waals surface area contributed by atoms with Crippen LogP contribution in [0, 0.1) is 11.8 Å². The standard InChI is InChI=1S/C20H31N5O3/c26-19(22-5-1-7-25-18(4-6-23-25)15-2-3-15)16-12-17(14-21-13-16)20(27)24-8-10-28-11-9-24/h4,6,15-17,21H,1-3,5,7-14H2,(H,22,26). The van der Waals surface area contributed by atoms with E-state index in [1.165, 1.54) is 18.5 Å². The quantitative estimate of drug-likeness (QED) is 0.657. The van der Waals surface area contributed by atoms with Crippen LogP contribution in [0.3, 0.4) is 0 Å². The van der Waals surface area contributed by atoms with Crippen LogP contribution < -0.4 is 10.6 Å². The number of aryl methyl sites for hydroxylation is 1. The molecule has 154 valence electrons. The van der Waals surface area contributed by atoms with E-state index in [2.05, 4.69) is 26.5 Å². The summed E-state index contributed by atoms with van der Waals surface area (Å²) in [7, 11) is 0. The van der Waals surface area contributed by atoms with Crippen molar-refractivity contribution in [2.75, 3.05) is 45.9 Å². The van der Waals surface area contributed by atoms with Crippen molar-refractivity contribution < 1.29 is 14.3 Å². The van der Waals surface area contributed by atoms with Gasteiger partial charge in [-0.25, -0.2) is 0 Å². The summed E-state index contributed by atoms with van der Waals surface area (Å²) in [6.45, 7) is 5.29. The second-order valence-corrected chi connectivity index (χ2v) is 8.12. The molecule has 8 heteroatoms. The van der Waals surface area contributed by atoms with E-state index in [9.17, 15) is 9.59 Å². The van der Waals surface area contributed by atoms with Crippen LogP contribution in [0.4, 0.5) is 0 Å². The average molecular weight is 390 g/mol. The van der Waals surface area contributed by atoms with E-state index in [0.29, 0.717) is 58.3 Å². The van der Waals surface area contributed by atoms with Gasteiger partial charge >= 0.3 is 0 Å².